The Morgan fingerprint density at radius 1 is 0.955 bits per heavy atom. The molecule has 6 rings (SSSR count). The molecular weight excluding hydrogens is 550 g/mol. The van der Waals surface area contributed by atoms with E-state index in [1.54, 1.807) is 15.9 Å². The Morgan fingerprint density at radius 2 is 1.61 bits per heavy atom. The maximum atomic E-state index is 13.7. The summed E-state index contributed by atoms with van der Waals surface area (Å²) in [6, 6.07) is 0. The smallest absolute Gasteiger partial charge is 0.312 e. The first kappa shape index (κ1) is 31.3. The summed E-state index contributed by atoms with van der Waals surface area (Å²) >= 11 is 0. The molecule has 0 bridgehead atoms. The van der Waals surface area contributed by atoms with Crippen molar-refractivity contribution < 1.29 is 19.5 Å². The SMILES string of the molecule is CC1=C(O)C(=O)C=C2C1=CC=C1[C@@]2(C)CC[C@@]2(C)[C@@H]3C[C@](C)(N(C)C(=O)C(=O)N4CC(CN(C)C)C4)CC[C@]3(C)CC[C@]12C. The molecule has 0 aromatic rings. The van der Waals surface area contributed by atoms with Gasteiger partial charge in [-0.3, -0.25) is 14.4 Å². The van der Waals surface area contributed by atoms with Gasteiger partial charge < -0.3 is 19.8 Å². The van der Waals surface area contributed by atoms with Crippen LogP contribution in [0.4, 0.5) is 0 Å². The Labute approximate surface area is 264 Å². The highest BCUT2D eigenvalue weighted by molar-refractivity contribution is 6.35. The Morgan fingerprint density at radius 3 is 2.27 bits per heavy atom. The minimum atomic E-state index is -0.390. The highest BCUT2D eigenvalue weighted by Gasteiger charge is 2.67. The number of likely N-dealkylation sites (tertiary alicyclic amines) is 1. The third-order valence-electron chi connectivity index (χ3n) is 14.0. The number of rotatable bonds is 3. The minimum absolute atomic E-state index is 0.00457. The summed E-state index contributed by atoms with van der Waals surface area (Å²) < 4.78 is 0. The highest BCUT2D eigenvalue weighted by Crippen LogP contribution is 2.75. The van der Waals surface area contributed by atoms with Gasteiger partial charge in [0.2, 0.25) is 5.78 Å². The van der Waals surface area contributed by atoms with Gasteiger partial charge in [0.25, 0.3) is 0 Å². The van der Waals surface area contributed by atoms with Gasteiger partial charge in [0.15, 0.2) is 5.76 Å². The van der Waals surface area contributed by atoms with E-state index in [0.29, 0.717) is 30.5 Å². The van der Waals surface area contributed by atoms with Crippen LogP contribution in [-0.4, -0.2) is 83.7 Å². The standard InChI is InChI=1S/C37H53N3O4/c1-23-25-10-11-28-35(4,26(25)18-27(41)30(23)42)15-17-37(6)29-19-34(3,14-12-33(29,2)13-16-36(28,37)5)39(9)31(43)32(44)40-21-24(22-40)20-38(7)8/h10-11,18,24,29,42H,12-17,19-22H2,1-9H3/t29-,33-,34-,35+,36-,37+/m1/s1. The van der Waals surface area contributed by atoms with E-state index in [9.17, 15) is 19.5 Å². The molecule has 7 nitrogen and oxygen atoms in total. The van der Waals surface area contributed by atoms with Crippen molar-refractivity contribution in [3.05, 3.63) is 46.3 Å². The van der Waals surface area contributed by atoms with Crippen LogP contribution in [-0.2, 0) is 14.4 Å². The van der Waals surface area contributed by atoms with Crippen LogP contribution in [0, 0.1) is 33.5 Å². The predicted molar refractivity (Wildman–Crippen MR) is 173 cm³/mol. The third kappa shape index (κ3) is 4.20. The largest absolute Gasteiger partial charge is 0.504 e. The summed E-state index contributed by atoms with van der Waals surface area (Å²) in [6.45, 7) is 16.0. The van der Waals surface area contributed by atoms with Gasteiger partial charge >= 0.3 is 11.8 Å². The van der Waals surface area contributed by atoms with Crippen LogP contribution in [0.25, 0.3) is 0 Å². The second kappa shape index (κ2) is 9.91. The highest BCUT2D eigenvalue weighted by atomic mass is 16.3. The molecule has 6 aliphatic rings. The van der Waals surface area contributed by atoms with Gasteiger partial charge in [0.1, 0.15) is 0 Å². The van der Waals surface area contributed by atoms with Crippen LogP contribution >= 0.6 is 0 Å². The maximum absolute atomic E-state index is 13.7. The first-order chi connectivity index (χ1) is 20.4. The summed E-state index contributed by atoms with van der Waals surface area (Å²) in [7, 11) is 5.94. The number of carbonyl (C=O) groups is 3. The van der Waals surface area contributed by atoms with E-state index in [-0.39, 0.29) is 45.0 Å². The lowest BCUT2D eigenvalue weighted by Gasteiger charge is -2.70. The van der Waals surface area contributed by atoms with Crippen LogP contribution in [0.3, 0.4) is 0 Å². The number of amides is 2. The molecule has 6 atom stereocenters. The molecule has 1 aliphatic heterocycles. The molecule has 2 amide bonds. The molecule has 1 N–H and O–H groups in total. The quantitative estimate of drug-likeness (QED) is 0.410. The normalized spacial score (nSPS) is 40.1. The van der Waals surface area contributed by atoms with Crippen molar-refractivity contribution in [2.75, 3.05) is 40.8 Å². The van der Waals surface area contributed by atoms with Crippen molar-refractivity contribution in [2.24, 2.45) is 33.5 Å². The predicted octanol–water partition coefficient (Wildman–Crippen LogP) is 5.84. The van der Waals surface area contributed by atoms with Gasteiger partial charge in [-0.2, -0.15) is 0 Å². The fourth-order valence-corrected chi connectivity index (χ4v) is 10.6. The number of aliphatic hydroxyl groups excluding tert-OH is 1. The maximum Gasteiger partial charge on any atom is 0.312 e. The Hall–Kier alpha value is -2.67. The van der Waals surface area contributed by atoms with Crippen molar-refractivity contribution in [2.45, 2.75) is 92.0 Å². The molecular formula is C37H53N3O4. The molecule has 5 aliphatic carbocycles. The van der Waals surface area contributed by atoms with E-state index in [1.165, 1.54) is 5.57 Å². The van der Waals surface area contributed by atoms with Gasteiger partial charge in [0, 0.05) is 49.1 Å². The zero-order valence-electron chi connectivity index (χ0n) is 28.5. The summed E-state index contributed by atoms with van der Waals surface area (Å²) in [5, 5.41) is 10.4. The van der Waals surface area contributed by atoms with Crippen LogP contribution in [0.5, 0.6) is 0 Å². The van der Waals surface area contributed by atoms with Crippen LogP contribution in [0.2, 0.25) is 0 Å². The van der Waals surface area contributed by atoms with E-state index in [4.69, 9.17) is 0 Å². The number of ketones is 1. The van der Waals surface area contributed by atoms with Crippen LogP contribution in [0.15, 0.2) is 46.3 Å². The van der Waals surface area contributed by atoms with Crippen molar-refractivity contribution in [3.63, 3.8) is 0 Å². The van der Waals surface area contributed by atoms with Crippen molar-refractivity contribution >= 4 is 17.6 Å². The Bertz CT molecular complexity index is 1450. The molecule has 0 aromatic heterocycles. The first-order valence-electron chi connectivity index (χ1n) is 16.7. The molecule has 4 fully saturated rings. The molecule has 0 unspecified atom stereocenters. The first-order valence-corrected chi connectivity index (χ1v) is 16.7. The van der Waals surface area contributed by atoms with E-state index in [1.807, 2.05) is 28.1 Å². The molecule has 7 heteroatoms. The van der Waals surface area contributed by atoms with Crippen molar-refractivity contribution in [1.29, 1.82) is 0 Å². The number of hydrogen-bond donors (Lipinski definition) is 1. The number of fused-ring (bicyclic) bond motifs is 7. The van der Waals surface area contributed by atoms with E-state index >= 15 is 0 Å². The number of likely N-dealkylation sites (N-methyl/N-ethyl adjacent to an activating group) is 1. The zero-order valence-corrected chi connectivity index (χ0v) is 28.5. The molecule has 1 heterocycles. The number of nitrogens with zero attached hydrogens (tertiary/aromatic N) is 3. The van der Waals surface area contributed by atoms with Crippen LogP contribution in [0.1, 0.15) is 86.5 Å². The lowest BCUT2D eigenvalue weighted by molar-refractivity contribution is -0.174. The average Bonchev–Trinajstić information content (AvgIpc) is 2.95. The second-order valence-corrected chi connectivity index (χ2v) is 16.7. The fourth-order valence-electron chi connectivity index (χ4n) is 10.6. The molecule has 44 heavy (non-hydrogen) atoms. The molecule has 240 valence electrons. The summed E-state index contributed by atoms with van der Waals surface area (Å²) in [4.78, 5) is 45.4. The average molecular weight is 604 g/mol. The van der Waals surface area contributed by atoms with Crippen LogP contribution < -0.4 is 0 Å². The van der Waals surface area contributed by atoms with Gasteiger partial charge in [-0.05, 0) is 112 Å². The van der Waals surface area contributed by atoms with E-state index < -0.39 is 5.54 Å². The molecule has 0 aromatic carbocycles. The van der Waals surface area contributed by atoms with Gasteiger partial charge in [-0.15, -0.1) is 0 Å². The molecule has 1 saturated heterocycles. The summed E-state index contributed by atoms with van der Waals surface area (Å²) in [5.41, 5.74) is 3.58. The van der Waals surface area contributed by atoms with Crippen molar-refractivity contribution in [1.82, 2.24) is 14.7 Å². The zero-order chi connectivity index (χ0) is 32.2. The number of aliphatic hydroxyl groups is 1. The minimum Gasteiger partial charge on any atom is -0.504 e. The third-order valence-corrected chi connectivity index (χ3v) is 14.0. The lowest BCUT2D eigenvalue weighted by atomic mass is 9.35. The molecule has 0 radical (unpaired) electrons. The molecule has 0 spiro atoms. The monoisotopic (exact) mass is 603 g/mol. The van der Waals surface area contributed by atoms with Gasteiger partial charge in [0.05, 0.1) is 0 Å². The van der Waals surface area contributed by atoms with Gasteiger partial charge in [-0.1, -0.05) is 45.4 Å². The number of carbonyl (C=O) groups excluding carboxylic acids is 3. The van der Waals surface area contributed by atoms with E-state index in [0.717, 1.165) is 62.6 Å². The lowest BCUT2D eigenvalue weighted by Crippen LogP contribution is -2.65. The van der Waals surface area contributed by atoms with Gasteiger partial charge in [-0.25, -0.2) is 0 Å². The van der Waals surface area contributed by atoms with Crippen molar-refractivity contribution in [3.8, 4) is 0 Å². The Balaban J connectivity index is 1.29. The summed E-state index contributed by atoms with van der Waals surface area (Å²) in [6.07, 6.45) is 13.2. The second-order valence-electron chi connectivity index (χ2n) is 16.7. The van der Waals surface area contributed by atoms with E-state index in [2.05, 4.69) is 51.7 Å². The summed E-state index contributed by atoms with van der Waals surface area (Å²) in [5.74, 6) is -0.332. The molecule has 3 saturated carbocycles. The number of allylic oxidation sites excluding steroid dienone is 7. The number of hydrogen-bond acceptors (Lipinski definition) is 5. The fraction of sp³-hybridized carbons (Fsp3) is 0.703. The Kier molecular flexibility index (Phi) is 7.06. The topological polar surface area (TPSA) is 81.2 Å².